The lowest BCUT2D eigenvalue weighted by Crippen LogP contribution is -2.00. The van der Waals surface area contributed by atoms with E-state index >= 15 is 0 Å². The number of nitro benzene ring substituents is 1. The molecule has 21 heavy (non-hydrogen) atoms. The van der Waals surface area contributed by atoms with Gasteiger partial charge in [-0.25, -0.2) is 4.79 Å². The van der Waals surface area contributed by atoms with Gasteiger partial charge in [0.05, 0.1) is 4.92 Å². The molecule has 0 amide bonds. The van der Waals surface area contributed by atoms with Crippen LogP contribution in [0.3, 0.4) is 0 Å². The molecule has 0 radical (unpaired) electrons. The van der Waals surface area contributed by atoms with Crippen molar-refractivity contribution >= 4 is 17.7 Å². The Labute approximate surface area is 121 Å². The summed E-state index contributed by atoms with van der Waals surface area (Å²) in [5.74, 6) is -0.461. The molecule has 0 aliphatic heterocycles. The summed E-state index contributed by atoms with van der Waals surface area (Å²) in [6.07, 6.45) is 2.85. The number of nitro groups is 1. The summed E-state index contributed by atoms with van der Waals surface area (Å²) >= 11 is 0. The van der Waals surface area contributed by atoms with Crippen LogP contribution in [0.1, 0.15) is 11.1 Å². The lowest BCUT2D eigenvalue weighted by molar-refractivity contribution is -0.384. The van der Waals surface area contributed by atoms with E-state index in [1.54, 1.807) is 18.2 Å². The number of carbonyl (C=O) groups is 1. The van der Waals surface area contributed by atoms with Crippen molar-refractivity contribution in [2.75, 3.05) is 0 Å². The third-order valence-electron chi connectivity index (χ3n) is 2.74. The Balaban J connectivity index is 1.88. The molecule has 0 aromatic heterocycles. The molecule has 0 unspecified atom stereocenters. The summed E-state index contributed by atoms with van der Waals surface area (Å²) in [6, 6.07) is 15.3. The van der Waals surface area contributed by atoms with Crippen molar-refractivity contribution in [3.05, 3.63) is 81.9 Å². The Kier molecular flexibility index (Phi) is 4.82. The average molecular weight is 283 g/mol. The zero-order chi connectivity index (χ0) is 15.1. The smallest absolute Gasteiger partial charge is 0.331 e. The summed E-state index contributed by atoms with van der Waals surface area (Å²) in [4.78, 5) is 21.6. The average Bonchev–Trinajstić information content (AvgIpc) is 2.52. The molecule has 2 aromatic carbocycles. The van der Waals surface area contributed by atoms with Gasteiger partial charge in [0.15, 0.2) is 0 Å². The molecule has 106 valence electrons. The molecule has 5 heteroatoms. The Hall–Kier alpha value is -2.95. The fourth-order valence-corrected chi connectivity index (χ4v) is 1.65. The normalized spacial score (nSPS) is 10.5. The number of rotatable bonds is 5. The van der Waals surface area contributed by atoms with Crippen LogP contribution in [0.5, 0.6) is 0 Å². The van der Waals surface area contributed by atoms with E-state index in [1.165, 1.54) is 18.2 Å². The highest BCUT2D eigenvalue weighted by atomic mass is 16.6. The van der Waals surface area contributed by atoms with Crippen LogP contribution in [0.2, 0.25) is 0 Å². The number of benzene rings is 2. The van der Waals surface area contributed by atoms with E-state index < -0.39 is 10.9 Å². The van der Waals surface area contributed by atoms with Crippen molar-refractivity contribution < 1.29 is 14.5 Å². The lowest BCUT2D eigenvalue weighted by Gasteiger charge is -2.01. The molecular formula is C16H13NO4. The number of nitrogens with zero attached hydrogens (tertiary/aromatic N) is 1. The zero-order valence-electron chi connectivity index (χ0n) is 11.1. The van der Waals surface area contributed by atoms with Crippen LogP contribution < -0.4 is 0 Å². The maximum atomic E-state index is 11.5. The van der Waals surface area contributed by atoms with Crippen molar-refractivity contribution in [1.29, 1.82) is 0 Å². The van der Waals surface area contributed by atoms with Crippen molar-refractivity contribution in [2.45, 2.75) is 6.61 Å². The van der Waals surface area contributed by atoms with Gasteiger partial charge in [-0.2, -0.15) is 0 Å². The lowest BCUT2D eigenvalue weighted by atomic mass is 10.2. The Morgan fingerprint density at radius 2 is 1.76 bits per heavy atom. The molecule has 0 aliphatic rings. The predicted molar refractivity (Wildman–Crippen MR) is 78.4 cm³/mol. The van der Waals surface area contributed by atoms with Crippen molar-refractivity contribution in [3.63, 3.8) is 0 Å². The van der Waals surface area contributed by atoms with Gasteiger partial charge >= 0.3 is 5.97 Å². The molecule has 2 rings (SSSR count). The Morgan fingerprint density at radius 3 is 2.38 bits per heavy atom. The number of ether oxygens (including phenoxy) is 1. The summed E-state index contributed by atoms with van der Waals surface area (Å²) < 4.78 is 5.08. The number of carbonyl (C=O) groups excluding carboxylic acids is 1. The van der Waals surface area contributed by atoms with Crippen molar-refractivity contribution in [2.24, 2.45) is 0 Å². The minimum Gasteiger partial charge on any atom is -0.458 e. The summed E-state index contributed by atoms with van der Waals surface area (Å²) in [7, 11) is 0. The SMILES string of the molecule is O=C(/C=C/c1ccc([N+](=O)[O-])cc1)OCc1ccccc1. The standard InChI is InChI=1S/C16H13NO4/c18-16(21-12-14-4-2-1-3-5-14)11-8-13-6-9-15(10-7-13)17(19)20/h1-11H,12H2/b11-8+. The van der Waals surface area contributed by atoms with Crippen LogP contribution in [0.15, 0.2) is 60.7 Å². The van der Waals surface area contributed by atoms with E-state index in [9.17, 15) is 14.9 Å². The quantitative estimate of drug-likeness (QED) is 0.365. The summed E-state index contributed by atoms with van der Waals surface area (Å²) in [5.41, 5.74) is 1.62. The topological polar surface area (TPSA) is 69.4 Å². The third-order valence-corrected chi connectivity index (χ3v) is 2.74. The minimum atomic E-state index is -0.471. The van der Waals surface area contributed by atoms with E-state index in [-0.39, 0.29) is 12.3 Å². The Morgan fingerprint density at radius 1 is 1.10 bits per heavy atom. The molecule has 2 aromatic rings. The highest BCUT2D eigenvalue weighted by Gasteiger charge is 2.03. The first kappa shape index (κ1) is 14.5. The van der Waals surface area contributed by atoms with E-state index in [0.717, 1.165) is 5.56 Å². The van der Waals surface area contributed by atoms with Crippen molar-refractivity contribution in [3.8, 4) is 0 Å². The fourth-order valence-electron chi connectivity index (χ4n) is 1.65. The van der Waals surface area contributed by atoms with Crippen LogP contribution in [-0.4, -0.2) is 10.9 Å². The van der Waals surface area contributed by atoms with Crippen LogP contribution in [0.25, 0.3) is 6.08 Å². The molecule has 0 saturated heterocycles. The van der Waals surface area contributed by atoms with E-state index in [0.29, 0.717) is 5.56 Å². The number of non-ortho nitro benzene ring substituents is 1. The molecule has 0 N–H and O–H groups in total. The number of hydrogen-bond donors (Lipinski definition) is 0. The second kappa shape index (κ2) is 7.00. The van der Waals surface area contributed by atoms with E-state index in [4.69, 9.17) is 4.74 Å². The van der Waals surface area contributed by atoms with Crippen LogP contribution in [-0.2, 0) is 16.1 Å². The second-order valence-electron chi connectivity index (χ2n) is 4.28. The molecule has 0 aliphatic carbocycles. The molecule has 0 fully saturated rings. The first-order valence-corrected chi connectivity index (χ1v) is 6.28. The zero-order valence-corrected chi connectivity index (χ0v) is 11.1. The fraction of sp³-hybridized carbons (Fsp3) is 0.0625. The summed E-state index contributed by atoms with van der Waals surface area (Å²) in [5, 5.41) is 10.5. The van der Waals surface area contributed by atoms with Gasteiger partial charge in [0.25, 0.3) is 5.69 Å². The molecule has 0 saturated carbocycles. The van der Waals surface area contributed by atoms with Crippen LogP contribution in [0.4, 0.5) is 5.69 Å². The largest absolute Gasteiger partial charge is 0.458 e. The first-order valence-electron chi connectivity index (χ1n) is 6.28. The van der Waals surface area contributed by atoms with Gasteiger partial charge in [0, 0.05) is 18.2 Å². The molecule has 0 heterocycles. The van der Waals surface area contributed by atoms with Gasteiger partial charge in [-0.3, -0.25) is 10.1 Å². The summed E-state index contributed by atoms with van der Waals surface area (Å²) in [6.45, 7) is 0.213. The van der Waals surface area contributed by atoms with Gasteiger partial charge in [-0.15, -0.1) is 0 Å². The monoisotopic (exact) mass is 283 g/mol. The van der Waals surface area contributed by atoms with Crippen LogP contribution >= 0.6 is 0 Å². The van der Waals surface area contributed by atoms with Gasteiger partial charge in [0.2, 0.25) is 0 Å². The second-order valence-corrected chi connectivity index (χ2v) is 4.28. The molecule has 0 spiro atoms. The Bertz CT molecular complexity index is 648. The predicted octanol–water partition coefficient (Wildman–Crippen LogP) is 3.35. The van der Waals surface area contributed by atoms with Crippen molar-refractivity contribution in [1.82, 2.24) is 0 Å². The third kappa shape index (κ3) is 4.58. The van der Waals surface area contributed by atoms with Gasteiger partial charge in [-0.1, -0.05) is 30.3 Å². The highest BCUT2D eigenvalue weighted by molar-refractivity contribution is 5.87. The minimum absolute atomic E-state index is 0.0128. The first-order chi connectivity index (χ1) is 10.1. The highest BCUT2D eigenvalue weighted by Crippen LogP contribution is 2.13. The maximum absolute atomic E-state index is 11.5. The maximum Gasteiger partial charge on any atom is 0.331 e. The van der Waals surface area contributed by atoms with Gasteiger partial charge < -0.3 is 4.74 Å². The molecule has 0 atom stereocenters. The van der Waals surface area contributed by atoms with E-state index in [1.807, 2.05) is 30.3 Å². The molecule has 0 bridgehead atoms. The number of hydrogen-bond acceptors (Lipinski definition) is 4. The molecule has 5 nitrogen and oxygen atoms in total. The van der Waals surface area contributed by atoms with Gasteiger partial charge in [0.1, 0.15) is 6.61 Å². The molecular weight excluding hydrogens is 270 g/mol. The van der Waals surface area contributed by atoms with E-state index in [2.05, 4.69) is 0 Å². The number of esters is 1. The van der Waals surface area contributed by atoms with Gasteiger partial charge in [-0.05, 0) is 29.3 Å². The van der Waals surface area contributed by atoms with Crippen LogP contribution in [0, 0.1) is 10.1 Å².